The molecule has 2 amide bonds. The molecular formula is C23H37NO11S. The predicted octanol–water partition coefficient (Wildman–Crippen LogP) is 4.05. The molecule has 2 atom stereocenters. The van der Waals surface area contributed by atoms with Crippen LogP contribution in [-0.2, 0) is 43.0 Å². The first kappa shape index (κ1) is 33.2. The summed E-state index contributed by atoms with van der Waals surface area (Å²) in [5.74, 6) is -3.09. The van der Waals surface area contributed by atoms with E-state index < -0.39 is 41.8 Å². The van der Waals surface area contributed by atoms with Crippen molar-refractivity contribution in [1.82, 2.24) is 5.06 Å². The zero-order valence-corrected chi connectivity index (χ0v) is 23.0. The number of hydroxylamine groups is 2. The van der Waals surface area contributed by atoms with Gasteiger partial charge >= 0.3 is 23.4 Å². The minimum Gasteiger partial charge on any atom is -0.425 e. The lowest BCUT2D eigenvalue weighted by Crippen LogP contribution is -2.36. The molecular weight excluding hydrogens is 498 g/mol. The van der Waals surface area contributed by atoms with Gasteiger partial charge in [-0.3, -0.25) is 24.0 Å². The van der Waals surface area contributed by atoms with Crippen molar-refractivity contribution < 1.29 is 52.6 Å². The molecule has 0 bridgehead atoms. The summed E-state index contributed by atoms with van der Waals surface area (Å²) in [6.45, 7) is 13.7. The number of rotatable bonds is 9. The highest BCUT2D eigenvalue weighted by Gasteiger charge is 2.35. The van der Waals surface area contributed by atoms with E-state index in [1.54, 1.807) is 47.8 Å². The third kappa shape index (κ3) is 12.2. The van der Waals surface area contributed by atoms with E-state index in [1.165, 1.54) is 0 Å². The van der Waals surface area contributed by atoms with Crippen molar-refractivity contribution in [2.75, 3.05) is 6.26 Å². The summed E-state index contributed by atoms with van der Waals surface area (Å²) in [5.41, 5.74) is 0. The molecule has 0 unspecified atom stereocenters. The van der Waals surface area contributed by atoms with Gasteiger partial charge in [0.25, 0.3) is 24.4 Å². The Bertz CT molecular complexity index is 779. The van der Waals surface area contributed by atoms with E-state index in [9.17, 15) is 28.8 Å². The zero-order valence-electron chi connectivity index (χ0n) is 22.2. The molecule has 0 aromatic heterocycles. The molecule has 1 heterocycles. The van der Waals surface area contributed by atoms with Crippen LogP contribution in [0.3, 0.4) is 0 Å². The second-order valence-corrected chi connectivity index (χ2v) is 9.76. The van der Waals surface area contributed by atoms with Gasteiger partial charge in [0.05, 0.1) is 11.8 Å². The molecule has 1 saturated heterocycles. The normalized spacial score (nSPS) is 14.9. The van der Waals surface area contributed by atoms with E-state index in [0.717, 1.165) is 11.8 Å². The van der Waals surface area contributed by atoms with Crippen LogP contribution in [0.2, 0.25) is 0 Å². The Kier molecular flexibility index (Phi) is 14.8. The number of carbonyl (C=O) groups excluding carboxylic acids is 6. The smallest absolute Gasteiger partial charge is 0.425 e. The molecule has 12 nitrogen and oxygen atoms in total. The number of hydrogen-bond donors (Lipinski definition) is 0. The first-order valence-electron chi connectivity index (χ1n) is 11.5. The Balaban J connectivity index is 0.000000723. The van der Waals surface area contributed by atoms with Crippen LogP contribution in [0.15, 0.2) is 0 Å². The van der Waals surface area contributed by atoms with E-state index in [4.69, 9.17) is 18.9 Å². The van der Waals surface area contributed by atoms with Gasteiger partial charge in [-0.25, -0.2) is 9.59 Å². The maximum Gasteiger partial charge on any atom is 0.537 e. The van der Waals surface area contributed by atoms with Gasteiger partial charge in [0.2, 0.25) is 0 Å². The van der Waals surface area contributed by atoms with Crippen LogP contribution >= 0.6 is 11.8 Å². The fourth-order valence-electron chi connectivity index (χ4n) is 2.09. The number of nitrogens with zero attached hydrogens (tertiary/aromatic N) is 1. The van der Waals surface area contributed by atoms with Crippen LogP contribution in [0.5, 0.6) is 0 Å². The maximum absolute atomic E-state index is 11.6. The Morgan fingerprint density at radius 3 is 1.42 bits per heavy atom. The second kappa shape index (κ2) is 16.0. The highest BCUT2D eigenvalue weighted by Crippen LogP contribution is 2.17. The van der Waals surface area contributed by atoms with Crippen LogP contribution in [0.25, 0.3) is 0 Å². The van der Waals surface area contributed by atoms with Crippen molar-refractivity contribution in [3.8, 4) is 0 Å². The number of imide groups is 1. The predicted molar refractivity (Wildman–Crippen MR) is 128 cm³/mol. The van der Waals surface area contributed by atoms with Crippen molar-refractivity contribution in [2.45, 2.75) is 80.8 Å². The summed E-state index contributed by atoms with van der Waals surface area (Å²) in [6, 6.07) is 0. The van der Waals surface area contributed by atoms with Crippen LogP contribution < -0.4 is 0 Å². The molecule has 0 spiro atoms. The molecule has 36 heavy (non-hydrogen) atoms. The lowest BCUT2D eigenvalue weighted by atomic mass is 10.2. The standard InChI is InChI=1S/C13H19NO7.C10H18O4S/c1-7(2)11(17)19-12(8(3)4)20-13(18)21-14-9(15)5-6-10(14)16;1-6(2)8(11)13-9(7(3)4)14-10(12)15-5/h7-8,12H,5-6H2,1-4H3;6-7,9H,1-5H3/t12-;9-/m00/s1. The molecule has 1 aliphatic rings. The van der Waals surface area contributed by atoms with Gasteiger partial charge in [-0.2, -0.15) is 0 Å². The number of hydrogen-bond acceptors (Lipinski definition) is 12. The van der Waals surface area contributed by atoms with Gasteiger partial charge < -0.3 is 18.9 Å². The van der Waals surface area contributed by atoms with Crippen molar-refractivity contribution in [2.24, 2.45) is 23.7 Å². The lowest BCUT2D eigenvalue weighted by molar-refractivity contribution is -0.200. The summed E-state index contributed by atoms with van der Waals surface area (Å²) < 4.78 is 19.9. The number of esters is 2. The summed E-state index contributed by atoms with van der Waals surface area (Å²) in [6.07, 6.45) is -1.62. The minimum absolute atomic E-state index is 0.0118. The second-order valence-electron chi connectivity index (χ2n) is 9.02. The van der Waals surface area contributed by atoms with Gasteiger partial charge in [-0.05, 0) is 18.0 Å². The molecule has 13 heteroatoms. The fraction of sp³-hybridized carbons (Fsp3) is 0.739. The van der Waals surface area contributed by atoms with Gasteiger partial charge in [0.15, 0.2) is 0 Å². The largest absolute Gasteiger partial charge is 0.537 e. The molecule has 0 aromatic rings. The molecule has 0 saturated carbocycles. The Morgan fingerprint density at radius 1 is 0.694 bits per heavy atom. The minimum atomic E-state index is -1.27. The van der Waals surface area contributed by atoms with E-state index in [-0.39, 0.29) is 42.5 Å². The van der Waals surface area contributed by atoms with E-state index in [2.05, 4.69) is 4.84 Å². The Labute approximate surface area is 215 Å². The summed E-state index contributed by atoms with van der Waals surface area (Å²) in [4.78, 5) is 72.6. The van der Waals surface area contributed by atoms with Gasteiger partial charge in [0.1, 0.15) is 0 Å². The maximum atomic E-state index is 11.6. The van der Waals surface area contributed by atoms with Crippen LogP contribution in [-0.4, -0.2) is 59.1 Å². The molecule has 206 valence electrons. The molecule has 1 aliphatic heterocycles. The quantitative estimate of drug-likeness (QED) is 0.238. The average molecular weight is 536 g/mol. The summed E-state index contributed by atoms with van der Waals surface area (Å²) >= 11 is 0.954. The number of ether oxygens (including phenoxy) is 4. The number of thioether (sulfide) groups is 1. The summed E-state index contributed by atoms with van der Waals surface area (Å²) in [5, 5.41) is -0.0745. The van der Waals surface area contributed by atoms with Crippen LogP contribution in [0.4, 0.5) is 9.59 Å². The first-order valence-corrected chi connectivity index (χ1v) is 12.7. The third-order valence-electron chi connectivity index (χ3n) is 4.26. The van der Waals surface area contributed by atoms with Crippen LogP contribution in [0, 0.1) is 23.7 Å². The Hall–Kier alpha value is -2.83. The molecule has 0 radical (unpaired) electrons. The van der Waals surface area contributed by atoms with Crippen molar-refractivity contribution in [3.05, 3.63) is 0 Å². The van der Waals surface area contributed by atoms with E-state index >= 15 is 0 Å². The molecule has 1 fully saturated rings. The number of amides is 2. The molecule has 1 rings (SSSR count). The highest BCUT2D eigenvalue weighted by atomic mass is 32.2. The summed E-state index contributed by atoms with van der Waals surface area (Å²) in [7, 11) is 0. The fourth-order valence-corrected chi connectivity index (χ4v) is 2.28. The lowest BCUT2D eigenvalue weighted by Gasteiger charge is -2.22. The van der Waals surface area contributed by atoms with Crippen molar-refractivity contribution in [1.29, 1.82) is 0 Å². The first-order chi connectivity index (χ1) is 16.6. The highest BCUT2D eigenvalue weighted by molar-refractivity contribution is 8.12. The molecule has 0 aromatic carbocycles. The van der Waals surface area contributed by atoms with Crippen molar-refractivity contribution >= 4 is 47.0 Å². The van der Waals surface area contributed by atoms with E-state index in [1.807, 2.05) is 13.8 Å². The average Bonchev–Trinajstić information content (AvgIpc) is 3.09. The third-order valence-corrected chi connectivity index (χ3v) is 4.69. The van der Waals surface area contributed by atoms with Gasteiger partial charge in [0, 0.05) is 24.7 Å². The van der Waals surface area contributed by atoms with Gasteiger partial charge in [-0.15, -0.1) is 0 Å². The monoisotopic (exact) mass is 535 g/mol. The van der Waals surface area contributed by atoms with Gasteiger partial charge in [-0.1, -0.05) is 60.5 Å². The van der Waals surface area contributed by atoms with E-state index in [0.29, 0.717) is 5.06 Å². The molecule has 0 N–H and O–H groups in total. The molecule has 0 aliphatic carbocycles. The van der Waals surface area contributed by atoms with Crippen LogP contribution in [0.1, 0.15) is 68.2 Å². The number of carbonyl (C=O) groups is 6. The SMILES string of the molecule is CC(C)C(=O)O[C@@H](OC(=O)ON1C(=O)CCC1=O)C(C)C.CSC(=O)O[C@H](OC(=O)C(C)C)C(C)C. The topological polar surface area (TPSA) is 152 Å². The zero-order chi connectivity index (χ0) is 28.2. The van der Waals surface area contributed by atoms with Crippen molar-refractivity contribution in [3.63, 3.8) is 0 Å². The Morgan fingerprint density at radius 2 is 1.08 bits per heavy atom.